The van der Waals surface area contributed by atoms with Gasteiger partial charge in [-0.25, -0.2) is 12.7 Å². The third-order valence-corrected chi connectivity index (χ3v) is 8.78. The number of nitrogens with one attached hydrogen (secondary N) is 1. The number of hydrogen-bond donors (Lipinski definition) is 1. The van der Waals surface area contributed by atoms with Gasteiger partial charge in [0.25, 0.3) is 0 Å². The molecule has 3 atom stereocenters. The Morgan fingerprint density at radius 3 is 2.48 bits per heavy atom. The lowest BCUT2D eigenvalue weighted by Crippen LogP contribution is -2.46. The van der Waals surface area contributed by atoms with Gasteiger partial charge in [0.1, 0.15) is 0 Å². The van der Waals surface area contributed by atoms with Gasteiger partial charge in [0, 0.05) is 30.1 Å². The Kier molecular flexibility index (Phi) is 5.50. The molecular formula is C20H27ClN2O3S. The summed E-state index contributed by atoms with van der Waals surface area (Å²) in [5.41, 5.74) is 0.621. The third kappa shape index (κ3) is 4.17. The number of piperidine rings is 1. The number of sulfonamides is 1. The lowest BCUT2D eigenvalue weighted by atomic mass is 9.93. The van der Waals surface area contributed by atoms with Gasteiger partial charge in [0.05, 0.1) is 5.75 Å². The Labute approximate surface area is 166 Å². The first kappa shape index (κ1) is 19.2. The van der Waals surface area contributed by atoms with Gasteiger partial charge >= 0.3 is 0 Å². The fraction of sp³-hybridized carbons (Fsp3) is 0.650. The second-order valence-electron chi connectivity index (χ2n) is 8.31. The van der Waals surface area contributed by atoms with Crippen LogP contribution in [0.4, 0.5) is 0 Å². The highest BCUT2D eigenvalue weighted by atomic mass is 35.5. The number of benzene rings is 1. The van der Waals surface area contributed by atoms with Crippen LogP contribution in [0.25, 0.3) is 0 Å². The van der Waals surface area contributed by atoms with Crippen LogP contribution in [0.3, 0.4) is 0 Å². The van der Waals surface area contributed by atoms with Crippen LogP contribution in [-0.4, -0.2) is 37.8 Å². The van der Waals surface area contributed by atoms with Crippen LogP contribution >= 0.6 is 11.6 Å². The van der Waals surface area contributed by atoms with E-state index in [1.165, 1.54) is 23.6 Å². The molecule has 4 rings (SSSR count). The quantitative estimate of drug-likeness (QED) is 0.810. The van der Waals surface area contributed by atoms with Crippen LogP contribution in [0, 0.1) is 17.8 Å². The summed E-state index contributed by atoms with van der Waals surface area (Å²) in [6.07, 6.45) is 6.14. The van der Waals surface area contributed by atoms with Gasteiger partial charge in [-0.05, 0) is 55.6 Å². The van der Waals surface area contributed by atoms with Crippen LogP contribution in [0.5, 0.6) is 0 Å². The Bertz CT molecular complexity index is 805. The molecule has 1 saturated heterocycles. The minimum absolute atomic E-state index is 0.0733. The summed E-state index contributed by atoms with van der Waals surface area (Å²) in [6, 6.07) is 7.38. The van der Waals surface area contributed by atoms with E-state index < -0.39 is 10.0 Å². The highest BCUT2D eigenvalue weighted by Gasteiger charge is 2.41. The van der Waals surface area contributed by atoms with Crippen LogP contribution in [-0.2, 0) is 20.6 Å². The van der Waals surface area contributed by atoms with Crippen molar-refractivity contribution in [2.24, 2.45) is 17.8 Å². The second kappa shape index (κ2) is 7.72. The molecule has 2 aliphatic carbocycles. The summed E-state index contributed by atoms with van der Waals surface area (Å²) in [4.78, 5) is 12.6. The van der Waals surface area contributed by atoms with Gasteiger partial charge in [-0.1, -0.05) is 36.2 Å². The largest absolute Gasteiger partial charge is 0.353 e. The van der Waals surface area contributed by atoms with Crippen molar-refractivity contribution in [2.75, 3.05) is 13.1 Å². The molecule has 1 amide bonds. The van der Waals surface area contributed by atoms with E-state index in [4.69, 9.17) is 11.6 Å². The van der Waals surface area contributed by atoms with Crippen molar-refractivity contribution in [1.29, 1.82) is 0 Å². The molecule has 1 aromatic carbocycles. The maximum absolute atomic E-state index is 12.7. The topological polar surface area (TPSA) is 66.5 Å². The van der Waals surface area contributed by atoms with E-state index in [0.29, 0.717) is 48.5 Å². The molecule has 1 aliphatic heterocycles. The molecule has 2 bridgehead atoms. The van der Waals surface area contributed by atoms with Crippen molar-refractivity contribution in [1.82, 2.24) is 9.62 Å². The maximum Gasteiger partial charge on any atom is 0.223 e. The van der Waals surface area contributed by atoms with Crippen molar-refractivity contribution in [2.45, 2.75) is 50.3 Å². The summed E-state index contributed by atoms with van der Waals surface area (Å²) < 4.78 is 26.9. The molecule has 3 fully saturated rings. The average Bonchev–Trinajstić information content (AvgIpc) is 3.27. The van der Waals surface area contributed by atoms with Gasteiger partial charge < -0.3 is 5.32 Å². The van der Waals surface area contributed by atoms with E-state index in [1.807, 2.05) is 0 Å². The molecule has 0 unspecified atom stereocenters. The van der Waals surface area contributed by atoms with E-state index >= 15 is 0 Å². The highest BCUT2D eigenvalue weighted by molar-refractivity contribution is 7.88. The lowest BCUT2D eigenvalue weighted by Gasteiger charge is -2.32. The first-order valence-corrected chi connectivity index (χ1v) is 11.9. The van der Waals surface area contributed by atoms with Crippen LogP contribution in [0.2, 0.25) is 5.02 Å². The smallest absolute Gasteiger partial charge is 0.223 e. The number of hydrogen-bond acceptors (Lipinski definition) is 3. The molecule has 1 aromatic rings. The number of nitrogens with zero attached hydrogens (tertiary/aromatic N) is 1. The van der Waals surface area contributed by atoms with E-state index in [-0.39, 0.29) is 17.6 Å². The number of halogens is 1. The molecule has 1 N–H and O–H groups in total. The van der Waals surface area contributed by atoms with Crippen molar-refractivity contribution in [3.05, 3.63) is 34.9 Å². The number of carbonyl (C=O) groups excluding carboxylic acids is 1. The fourth-order valence-corrected chi connectivity index (χ4v) is 6.90. The zero-order chi connectivity index (χ0) is 19.0. The van der Waals surface area contributed by atoms with E-state index in [9.17, 15) is 13.2 Å². The van der Waals surface area contributed by atoms with Gasteiger partial charge in [-0.3, -0.25) is 4.79 Å². The summed E-state index contributed by atoms with van der Waals surface area (Å²) in [6.45, 7) is 0.809. The van der Waals surface area contributed by atoms with E-state index in [0.717, 1.165) is 12.3 Å². The normalized spacial score (nSPS) is 29.1. The fourth-order valence-electron chi connectivity index (χ4n) is 5.02. The SMILES string of the molecule is O=C(N[C@@H]1C[C@H]2CC[C@@H]1C2)C1CCN(S(=O)(=O)Cc2ccccc2Cl)CC1. The van der Waals surface area contributed by atoms with Crippen molar-refractivity contribution < 1.29 is 13.2 Å². The summed E-state index contributed by atoms with van der Waals surface area (Å²) in [7, 11) is -3.42. The number of rotatable bonds is 5. The lowest BCUT2D eigenvalue weighted by molar-refractivity contribution is -0.127. The van der Waals surface area contributed by atoms with Gasteiger partial charge in [-0.2, -0.15) is 0 Å². The number of amides is 1. The molecule has 5 nitrogen and oxygen atoms in total. The van der Waals surface area contributed by atoms with Gasteiger partial charge in [0.15, 0.2) is 0 Å². The number of fused-ring (bicyclic) bond motifs is 2. The van der Waals surface area contributed by atoms with Crippen molar-refractivity contribution in [3.63, 3.8) is 0 Å². The summed E-state index contributed by atoms with van der Waals surface area (Å²) >= 11 is 6.11. The minimum Gasteiger partial charge on any atom is -0.353 e. The monoisotopic (exact) mass is 410 g/mol. The van der Waals surface area contributed by atoms with E-state index in [1.54, 1.807) is 24.3 Å². The molecule has 148 valence electrons. The Hall–Kier alpha value is -1.11. The molecule has 7 heteroatoms. The van der Waals surface area contributed by atoms with Crippen LogP contribution in [0.1, 0.15) is 44.1 Å². The molecule has 2 saturated carbocycles. The predicted molar refractivity (Wildman–Crippen MR) is 106 cm³/mol. The zero-order valence-electron chi connectivity index (χ0n) is 15.4. The average molecular weight is 411 g/mol. The standard InChI is InChI=1S/C20H27ClN2O3S/c21-18-4-2-1-3-17(18)13-27(25,26)23-9-7-15(8-10-23)20(24)22-19-12-14-5-6-16(19)11-14/h1-4,14-16,19H,5-13H2,(H,22,24)/t14-,16+,19+/m0/s1. The summed E-state index contributed by atoms with van der Waals surface area (Å²) in [5.74, 6) is 1.42. The Morgan fingerprint density at radius 1 is 1.11 bits per heavy atom. The van der Waals surface area contributed by atoms with Crippen molar-refractivity contribution >= 4 is 27.5 Å². The summed E-state index contributed by atoms with van der Waals surface area (Å²) in [5, 5.41) is 3.73. The van der Waals surface area contributed by atoms with E-state index in [2.05, 4.69) is 5.32 Å². The second-order valence-corrected chi connectivity index (χ2v) is 10.7. The molecule has 27 heavy (non-hydrogen) atoms. The van der Waals surface area contributed by atoms with Crippen LogP contribution in [0.15, 0.2) is 24.3 Å². The molecule has 0 aromatic heterocycles. The first-order chi connectivity index (χ1) is 12.9. The zero-order valence-corrected chi connectivity index (χ0v) is 17.0. The molecular weight excluding hydrogens is 384 g/mol. The molecule has 0 radical (unpaired) electrons. The van der Waals surface area contributed by atoms with Gasteiger partial charge in [0.2, 0.25) is 15.9 Å². The molecule has 0 spiro atoms. The number of carbonyl (C=O) groups is 1. The third-order valence-electron chi connectivity index (χ3n) is 6.58. The Balaban J connectivity index is 1.30. The minimum atomic E-state index is -3.42. The highest BCUT2D eigenvalue weighted by Crippen LogP contribution is 2.44. The molecule has 3 aliphatic rings. The first-order valence-electron chi connectivity index (χ1n) is 9.94. The van der Waals surface area contributed by atoms with Crippen LogP contribution < -0.4 is 5.32 Å². The van der Waals surface area contributed by atoms with Gasteiger partial charge in [-0.15, -0.1) is 0 Å². The Morgan fingerprint density at radius 2 is 1.85 bits per heavy atom. The maximum atomic E-state index is 12.7. The predicted octanol–water partition coefficient (Wildman–Crippen LogP) is 3.19. The molecule has 1 heterocycles. The van der Waals surface area contributed by atoms with Crippen molar-refractivity contribution in [3.8, 4) is 0 Å².